The summed E-state index contributed by atoms with van der Waals surface area (Å²) in [4.78, 5) is 31.8. The van der Waals surface area contributed by atoms with Crippen LogP contribution in [0.4, 0.5) is 0 Å². The van der Waals surface area contributed by atoms with Crippen molar-refractivity contribution in [3.05, 3.63) is 12.2 Å². The fraction of sp³-hybridized carbons (Fsp3) is 0.583. The Kier molecular flexibility index (Phi) is 8.72. The van der Waals surface area contributed by atoms with Crippen molar-refractivity contribution in [3.8, 4) is 0 Å². The molecule has 1 unspecified atom stereocenters. The van der Waals surface area contributed by atoms with Gasteiger partial charge in [-0.05, 0) is 27.2 Å². The number of nitrogens with two attached hydrogens (primary N) is 1. The SMILES string of the molecule is C=C(C)C(=O)O.CCOC(=O)C(N)(CC)C(C)=O. The molecular formula is C12H21NO5. The van der Waals surface area contributed by atoms with Gasteiger partial charge in [0.2, 0.25) is 0 Å². The van der Waals surface area contributed by atoms with Gasteiger partial charge in [-0.2, -0.15) is 0 Å². The Hall–Kier alpha value is -1.69. The maximum absolute atomic E-state index is 11.2. The second kappa shape index (κ2) is 8.41. The molecule has 6 nitrogen and oxygen atoms in total. The van der Waals surface area contributed by atoms with Crippen LogP contribution < -0.4 is 5.73 Å². The summed E-state index contributed by atoms with van der Waals surface area (Å²) in [5.74, 6) is -1.93. The molecule has 0 rings (SSSR count). The molecule has 0 fully saturated rings. The lowest BCUT2D eigenvalue weighted by Crippen LogP contribution is -2.54. The van der Waals surface area contributed by atoms with Crippen LogP contribution in [0.15, 0.2) is 12.2 Å². The van der Waals surface area contributed by atoms with Gasteiger partial charge in [-0.25, -0.2) is 9.59 Å². The van der Waals surface area contributed by atoms with Crippen LogP contribution in [0.25, 0.3) is 0 Å². The van der Waals surface area contributed by atoms with E-state index >= 15 is 0 Å². The molecule has 0 amide bonds. The summed E-state index contributed by atoms with van der Waals surface area (Å²) in [6, 6.07) is 0. The summed E-state index contributed by atoms with van der Waals surface area (Å²) in [6.07, 6.45) is 0.265. The second-order valence-electron chi connectivity index (χ2n) is 3.69. The fourth-order valence-electron chi connectivity index (χ4n) is 0.797. The molecule has 0 aromatic rings. The normalized spacial score (nSPS) is 12.5. The largest absolute Gasteiger partial charge is 0.478 e. The Morgan fingerprint density at radius 1 is 1.28 bits per heavy atom. The highest BCUT2D eigenvalue weighted by molar-refractivity contribution is 6.07. The minimum atomic E-state index is -1.45. The smallest absolute Gasteiger partial charge is 0.333 e. The van der Waals surface area contributed by atoms with Gasteiger partial charge in [0, 0.05) is 5.57 Å². The first-order chi connectivity index (χ1) is 8.13. The minimum absolute atomic E-state index is 0.176. The van der Waals surface area contributed by atoms with E-state index in [4.69, 9.17) is 10.8 Å². The Bertz CT molecular complexity index is 325. The molecule has 0 spiro atoms. The van der Waals surface area contributed by atoms with Gasteiger partial charge < -0.3 is 15.6 Å². The predicted molar refractivity (Wildman–Crippen MR) is 67.0 cm³/mol. The highest BCUT2D eigenvalue weighted by Gasteiger charge is 2.38. The minimum Gasteiger partial charge on any atom is -0.478 e. The van der Waals surface area contributed by atoms with Crippen LogP contribution in [0.5, 0.6) is 0 Å². The van der Waals surface area contributed by atoms with E-state index in [2.05, 4.69) is 11.3 Å². The molecule has 1 atom stereocenters. The van der Waals surface area contributed by atoms with Crippen molar-refractivity contribution in [2.75, 3.05) is 6.61 Å². The number of ketones is 1. The molecule has 0 aliphatic heterocycles. The van der Waals surface area contributed by atoms with Crippen molar-refractivity contribution in [1.29, 1.82) is 0 Å². The number of carbonyl (C=O) groups excluding carboxylic acids is 2. The second-order valence-corrected chi connectivity index (χ2v) is 3.69. The highest BCUT2D eigenvalue weighted by atomic mass is 16.5. The summed E-state index contributed by atoms with van der Waals surface area (Å²) >= 11 is 0. The predicted octanol–water partition coefficient (Wildman–Crippen LogP) is 0.893. The van der Waals surface area contributed by atoms with Crippen molar-refractivity contribution in [2.45, 2.75) is 39.7 Å². The van der Waals surface area contributed by atoms with Gasteiger partial charge in [0.05, 0.1) is 6.61 Å². The maximum atomic E-state index is 11.2. The van der Waals surface area contributed by atoms with Gasteiger partial charge in [-0.3, -0.25) is 4.79 Å². The molecule has 0 saturated carbocycles. The van der Waals surface area contributed by atoms with Gasteiger partial charge in [-0.15, -0.1) is 0 Å². The first kappa shape index (κ1) is 18.7. The Balaban J connectivity index is 0. The molecule has 104 valence electrons. The van der Waals surface area contributed by atoms with Crippen LogP contribution in [0.3, 0.4) is 0 Å². The van der Waals surface area contributed by atoms with Gasteiger partial charge in [0.1, 0.15) is 0 Å². The Morgan fingerprint density at radius 3 is 1.83 bits per heavy atom. The Labute approximate surface area is 107 Å². The third kappa shape index (κ3) is 6.15. The lowest BCUT2D eigenvalue weighted by molar-refractivity contribution is -0.153. The maximum Gasteiger partial charge on any atom is 0.333 e. The average molecular weight is 259 g/mol. The van der Waals surface area contributed by atoms with Crippen LogP contribution in [-0.4, -0.2) is 35.0 Å². The molecule has 6 heteroatoms. The van der Waals surface area contributed by atoms with E-state index in [-0.39, 0.29) is 24.4 Å². The molecule has 0 bridgehead atoms. The molecule has 0 aromatic carbocycles. The third-order valence-electron chi connectivity index (χ3n) is 2.19. The van der Waals surface area contributed by atoms with E-state index in [1.165, 1.54) is 13.8 Å². The van der Waals surface area contributed by atoms with E-state index in [0.717, 1.165) is 0 Å². The first-order valence-electron chi connectivity index (χ1n) is 5.49. The highest BCUT2D eigenvalue weighted by Crippen LogP contribution is 2.09. The van der Waals surface area contributed by atoms with Crippen molar-refractivity contribution in [2.24, 2.45) is 5.73 Å². The zero-order valence-electron chi connectivity index (χ0n) is 11.3. The summed E-state index contributed by atoms with van der Waals surface area (Å²) < 4.78 is 4.67. The van der Waals surface area contributed by atoms with Crippen molar-refractivity contribution < 1.29 is 24.2 Å². The molecular weight excluding hydrogens is 238 g/mol. The van der Waals surface area contributed by atoms with Crippen LogP contribution in [0.2, 0.25) is 0 Å². The van der Waals surface area contributed by atoms with Gasteiger partial charge in [0.15, 0.2) is 11.3 Å². The van der Waals surface area contributed by atoms with Crippen molar-refractivity contribution in [3.63, 3.8) is 0 Å². The fourth-order valence-corrected chi connectivity index (χ4v) is 0.797. The molecule has 0 aromatic heterocycles. The number of rotatable bonds is 5. The number of Topliss-reactive ketones (excluding diaryl/α,β-unsaturated/α-hetero) is 1. The lowest BCUT2D eigenvalue weighted by Gasteiger charge is -2.21. The molecule has 0 aliphatic carbocycles. The zero-order valence-corrected chi connectivity index (χ0v) is 11.3. The number of carboxylic acid groups (broad SMARTS) is 1. The zero-order chi connectivity index (χ0) is 14.9. The van der Waals surface area contributed by atoms with Crippen LogP contribution >= 0.6 is 0 Å². The number of aliphatic carboxylic acids is 1. The average Bonchev–Trinajstić information content (AvgIpc) is 2.28. The summed E-state index contributed by atoms with van der Waals surface area (Å²) in [5, 5.41) is 7.89. The molecule has 0 heterocycles. The molecule has 0 saturated heterocycles. The molecule has 0 aliphatic rings. The summed E-state index contributed by atoms with van der Waals surface area (Å²) in [5.41, 5.74) is 4.27. The van der Waals surface area contributed by atoms with Crippen molar-refractivity contribution >= 4 is 17.7 Å². The van der Waals surface area contributed by atoms with Gasteiger partial charge in [0.25, 0.3) is 0 Å². The monoisotopic (exact) mass is 259 g/mol. The molecule has 18 heavy (non-hydrogen) atoms. The molecule has 3 N–H and O–H groups in total. The van der Waals surface area contributed by atoms with Gasteiger partial charge >= 0.3 is 11.9 Å². The van der Waals surface area contributed by atoms with Crippen LogP contribution in [-0.2, 0) is 19.1 Å². The van der Waals surface area contributed by atoms with Crippen LogP contribution in [0, 0.1) is 0 Å². The standard InChI is InChI=1S/C8H15NO3.C4H6O2/c1-4-8(9,6(3)10)7(11)12-5-2;1-3(2)4(5)6/h4-5,9H2,1-3H3;1H2,2H3,(H,5,6). The van der Waals surface area contributed by atoms with E-state index in [1.807, 2.05) is 0 Å². The number of carboxylic acids is 1. The quantitative estimate of drug-likeness (QED) is 0.431. The summed E-state index contributed by atoms with van der Waals surface area (Å²) in [6.45, 7) is 9.49. The van der Waals surface area contributed by atoms with E-state index < -0.39 is 17.5 Å². The number of hydrogen-bond donors (Lipinski definition) is 2. The van der Waals surface area contributed by atoms with E-state index in [9.17, 15) is 14.4 Å². The number of hydrogen-bond acceptors (Lipinski definition) is 5. The van der Waals surface area contributed by atoms with Gasteiger partial charge in [-0.1, -0.05) is 13.5 Å². The van der Waals surface area contributed by atoms with E-state index in [0.29, 0.717) is 0 Å². The van der Waals surface area contributed by atoms with E-state index in [1.54, 1.807) is 13.8 Å². The third-order valence-corrected chi connectivity index (χ3v) is 2.19. The lowest BCUT2D eigenvalue weighted by atomic mass is 9.93. The number of carbonyl (C=O) groups is 3. The number of ether oxygens (including phenoxy) is 1. The molecule has 0 radical (unpaired) electrons. The summed E-state index contributed by atoms with van der Waals surface area (Å²) in [7, 11) is 0. The van der Waals surface area contributed by atoms with Crippen LogP contribution in [0.1, 0.15) is 34.1 Å². The Morgan fingerprint density at radius 2 is 1.67 bits per heavy atom. The topological polar surface area (TPSA) is 107 Å². The van der Waals surface area contributed by atoms with Crippen molar-refractivity contribution in [1.82, 2.24) is 0 Å². The number of esters is 1. The first-order valence-corrected chi connectivity index (χ1v) is 5.49.